The minimum atomic E-state index is -5.81. The molecule has 0 saturated carbocycles. The van der Waals surface area contributed by atoms with Crippen LogP contribution in [0.15, 0.2) is 48.5 Å². The van der Waals surface area contributed by atoms with Crippen molar-refractivity contribution in [3.05, 3.63) is 87.5 Å². The molecule has 25 heteroatoms. The number of ether oxygens (including phenoxy) is 2. The number of benzene rings is 3. The molecule has 0 aliphatic rings. The number of alkyl halides is 18. The summed E-state index contributed by atoms with van der Waals surface area (Å²) in [6.45, 7) is 9.35. The molecule has 0 bridgehead atoms. The Morgan fingerprint density at radius 3 is 1.10 bits per heavy atom. The van der Waals surface area contributed by atoms with Crippen molar-refractivity contribution in [1.82, 2.24) is 0 Å². The van der Waals surface area contributed by atoms with Gasteiger partial charge < -0.3 is 23.4 Å². The molecule has 0 aliphatic heterocycles. The van der Waals surface area contributed by atoms with Crippen molar-refractivity contribution in [2.24, 2.45) is 0 Å². The highest BCUT2D eigenvalue weighted by Gasteiger charge is 2.59. The van der Waals surface area contributed by atoms with Crippen LogP contribution in [0.2, 0.25) is 0 Å². The van der Waals surface area contributed by atoms with Gasteiger partial charge in [-0.25, -0.2) is 0 Å². The third kappa shape index (κ3) is 19.5. The van der Waals surface area contributed by atoms with Crippen LogP contribution in [0.5, 0.6) is 17.2 Å². The van der Waals surface area contributed by atoms with E-state index in [4.69, 9.17) is 23.4 Å². The van der Waals surface area contributed by atoms with E-state index in [0.717, 1.165) is 58.3 Å². The highest BCUT2D eigenvalue weighted by molar-refractivity contribution is 6.39. The van der Waals surface area contributed by atoms with Crippen LogP contribution < -0.4 is 14.0 Å². The van der Waals surface area contributed by atoms with Gasteiger partial charge in [0, 0.05) is 13.8 Å². The van der Waals surface area contributed by atoms with Gasteiger partial charge in [-0.15, -0.1) is 0 Å². The van der Waals surface area contributed by atoms with E-state index in [1.807, 2.05) is 13.8 Å². The molecule has 77 heavy (non-hydrogen) atoms. The van der Waals surface area contributed by atoms with Gasteiger partial charge in [0.15, 0.2) is 6.23 Å². The van der Waals surface area contributed by atoms with Crippen LogP contribution in [0.1, 0.15) is 183 Å². The largest absolute Gasteiger partial charge is 0.864 e. The summed E-state index contributed by atoms with van der Waals surface area (Å²) >= 11 is 0. The van der Waals surface area contributed by atoms with Crippen LogP contribution in [0.4, 0.5) is 79.0 Å². The van der Waals surface area contributed by atoms with Gasteiger partial charge in [-0.2, -0.15) is 79.0 Å². The molecule has 3 rings (SSSR count). The molecule has 0 aliphatic carbocycles. The van der Waals surface area contributed by atoms with Crippen molar-refractivity contribution in [3.63, 3.8) is 0 Å². The van der Waals surface area contributed by atoms with E-state index in [2.05, 4.69) is 0 Å². The lowest BCUT2D eigenvalue weighted by Crippen LogP contribution is -2.68. The van der Waals surface area contributed by atoms with Crippen LogP contribution in [0.25, 0.3) is 0 Å². The van der Waals surface area contributed by atoms with Gasteiger partial charge in [0.25, 0.3) is 0 Å². The quantitative estimate of drug-likeness (QED) is 0.0211. The molecule has 0 amide bonds. The van der Waals surface area contributed by atoms with E-state index in [-0.39, 0.29) is 75.4 Å². The van der Waals surface area contributed by atoms with Gasteiger partial charge in [0.05, 0.1) is 65.2 Å². The molecule has 2 unspecified atom stereocenters. The van der Waals surface area contributed by atoms with Crippen LogP contribution in [0.3, 0.4) is 0 Å². The Hall–Kier alpha value is -4.26. The van der Waals surface area contributed by atoms with Crippen molar-refractivity contribution < 1.29 is 107 Å². The maximum atomic E-state index is 16.0. The number of nitrogens with zero attached hydrogens (tertiary/aromatic N) is 1. The lowest BCUT2D eigenvalue weighted by Gasteiger charge is -2.55. The summed E-state index contributed by atoms with van der Waals surface area (Å²) in [5.41, 5.74) is -16.5. The molecule has 0 radical (unpaired) electrons. The van der Waals surface area contributed by atoms with Gasteiger partial charge >= 0.3 is 44.4 Å². The molecule has 0 fully saturated rings. The Kier molecular flexibility index (Phi) is 24.6. The predicted octanol–water partition coefficient (Wildman–Crippen LogP) is 19.0. The second-order valence-electron chi connectivity index (χ2n) is 19.0. The Bertz CT molecular complexity index is 2100. The fraction of sp³-hybridized carbons (Fsp3) is 0.654. The lowest BCUT2D eigenvalue weighted by molar-refractivity contribution is -1.04. The Morgan fingerprint density at radius 1 is 0.416 bits per heavy atom. The molecule has 0 spiro atoms. The Balaban J connectivity index is 2.66. The minimum absolute atomic E-state index is 0.000875. The third-order valence-electron chi connectivity index (χ3n) is 13.0. The topological polar surface area (TPSA) is 46.2 Å². The first-order valence-corrected chi connectivity index (χ1v) is 25.6. The van der Waals surface area contributed by atoms with Crippen molar-refractivity contribution >= 4 is 7.32 Å². The van der Waals surface area contributed by atoms with Crippen molar-refractivity contribution in [1.29, 1.82) is 0 Å². The average Bonchev–Trinajstić information content (AvgIpc) is 3.31. The summed E-state index contributed by atoms with van der Waals surface area (Å²) in [6, 6.07) is -1.71. The molecule has 2 atom stereocenters. The maximum Gasteiger partial charge on any atom is 0.864 e. The van der Waals surface area contributed by atoms with E-state index < -0.39 is 136 Å². The number of hydrogen-bond donors (Lipinski definition) is 0. The average molecular weight is 1140 g/mol. The summed E-state index contributed by atoms with van der Waals surface area (Å²) < 4.78 is 291. The Morgan fingerprint density at radius 2 is 0.766 bits per heavy atom. The molecule has 6 nitrogen and oxygen atoms in total. The zero-order valence-electron chi connectivity index (χ0n) is 43.7. The third-order valence-corrected chi connectivity index (χ3v) is 13.0. The van der Waals surface area contributed by atoms with Crippen LogP contribution >= 0.6 is 0 Å². The molecular weight excluding hydrogens is 1070 g/mol. The Labute approximate surface area is 437 Å². The van der Waals surface area contributed by atoms with Crippen LogP contribution in [-0.2, 0) is 52.3 Å². The molecule has 438 valence electrons. The van der Waals surface area contributed by atoms with Crippen LogP contribution in [-0.4, -0.2) is 44.3 Å². The number of unbranched alkanes of at least 4 members (excludes halogenated alkanes) is 12. The van der Waals surface area contributed by atoms with E-state index in [1.165, 1.54) is 6.92 Å². The highest BCUT2D eigenvalue weighted by atomic mass is 19.4. The van der Waals surface area contributed by atoms with E-state index in [0.29, 0.717) is 32.1 Å². The van der Waals surface area contributed by atoms with E-state index in [9.17, 15) is 65.9 Å². The van der Waals surface area contributed by atoms with Crippen molar-refractivity contribution in [2.45, 2.75) is 193 Å². The normalized spacial score (nSPS) is 14.4. The first-order valence-electron chi connectivity index (χ1n) is 25.6. The second kappa shape index (κ2) is 28.2. The van der Waals surface area contributed by atoms with Gasteiger partial charge in [-0.3, -0.25) is 4.48 Å². The summed E-state index contributed by atoms with van der Waals surface area (Å²) in [7, 11) is -3.38. The molecule has 0 saturated heterocycles. The summed E-state index contributed by atoms with van der Waals surface area (Å²) in [6.07, 6.45) is -25.0. The maximum absolute atomic E-state index is 16.0. The van der Waals surface area contributed by atoms with Gasteiger partial charge in [-0.05, 0) is 87.1 Å². The van der Waals surface area contributed by atoms with E-state index in [1.54, 1.807) is 13.8 Å². The lowest BCUT2D eigenvalue weighted by atomic mass is 9.88. The van der Waals surface area contributed by atoms with Crippen molar-refractivity contribution in [2.75, 3.05) is 26.3 Å². The number of quaternary nitrogens is 1. The first kappa shape index (κ1) is 67.0. The standard InChI is InChI=1S/C52H67BF18NO5/c1-7-11-13-15-17-19-21-23-72(35(5)73-25-9-3,24-22-20-18-16-14-12-8-2)46(6,74-26-10-4)45-43(52(69,70)71)33-40(51(66,67)68)34-44(45)77-53(75-41-29-36(47(54,55)56)27-37(30-41)48(57,58)59)76-42-31-38(49(60,61)62)28-39(32-42)50(63,64)65/h27-35H,7-26H2,1-6H3/q+1. The number of rotatable bonds is 31. The smallest absolute Gasteiger partial charge is 0.490 e. The fourth-order valence-corrected chi connectivity index (χ4v) is 9.07. The molecule has 3 aromatic rings. The van der Waals surface area contributed by atoms with Gasteiger partial charge in [0.2, 0.25) is 5.72 Å². The summed E-state index contributed by atoms with van der Waals surface area (Å²) in [5.74, 6) is -4.82. The zero-order chi connectivity index (χ0) is 58.3. The minimum Gasteiger partial charge on any atom is -0.490 e. The van der Waals surface area contributed by atoms with Gasteiger partial charge in [-0.1, -0.05) is 91.9 Å². The van der Waals surface area contributed by atoms with Crippen molar-refractivity contribution in [3.8, 4) is 17.2 Å². The van der Waals surface area contributed by atoms with E-state index >= 15 is 13.2 Å². The second-order valence-corrected chi connectivity index (χ2v) is 19.0. The van der Waals surface area contributed by atoms with Crippen LogP contribution in [0, 0.1) is 0 Å². The molecule has 0 heterocycles. The SMILES string of the molecule is CCCCCCCCC[N+](CCCCCCCCC)(C(C)OCCC)C(C)(OCCC)c1c(OB(Oc2cc(C(F)(F)F)cc(C(F)(F)F)c2)Oc2cc(C(F)(F)F)cc(C(F)(F)F)c2)cc(C(F)(F)F)cc1C(F)(F)F. The zero-order valence-corrected chi connectivity index (χ0v) is 43.7. The summed E-state index contributed by atoms with van der Waals surface area (Å²) in [5, 5.41) is 0. The highest BCUT2D eigenvalue weighted by Crippen LogP contribution is 2.52. The molecule has 0 N–H and O–H groups in total. The van der Waals surface area contributed by atoms with Gasteiger partial charge in [0.1, 0.15) is 17.2 Å². The predicted molar refractivity (Wildman–Crippen MR) is 252 cm³/mol. The number of hydrogen-bond acceptors (Lipinski definition) is 5. The first-order chi connectivity index (χ1) is 35.6. The molecule has 3 aromatic carbocycles. The summed E-state index contributed by atoms with van der Waals surface area (Å²) in [4.78, 5) is 0. The molecule has 0 aromatic heterocycles. The number of halogens is 18. The fourth-order valence-electron chi connectivity index (χ4n) is 9.07. The monoisotopic (exact) mass is 1140 g/mol. The molecular formula is C52H67BF18NO5+.